The molecule has 154 valence electrons. The minimum Gasteiger partial charge on any atom is -0.493 e. The van der Waals surface area contributed by atoms with Crippen LogP contribution in [0.4, 0.5) is 0 Å². The van der Waals surface area contributed by atoms with Crippen LogP contribution in [0.15, 0.2) is 16.7 Å². The maximum absolute atomic E-state index is 12.8. The molecule has 28 heavy (non-hydrogen) atoms. The molecule has 0 unspecified atom stereocenters. The molecule has 7 nitrogen and oxygen atoms in total. The summed E-state index contributed by atoms with van der Waals surface area (Å²) < 4.78 is 16.3. The average Bonchev–Trinajstić information content (AvgIpc) is 3.11. The third-order valence-electron chi connectivity index (χ3n) is 3.99. The van der Waals surface area contributed by atoms with Gasteiger partial charge in [-0.3, -0.25) is 4.79 Å². The van der Waals surface area contributed by atoms with E-state index in [1.165, 1.54) is 7.11 Å². The van der Waals surface area contributed by atoms with Crippen LogP contribution in [0.2, 0.25) is 5.02 Å². The van der Waals surface area contributed by atoms with E-state index in [4.69, 9.17) is 25.6 Å². The summed E-state index contributed by atoms with van der Waals surface area (Å²) in [6.07, 6.45) is 0.831. The summed E-state index contributed by atoms with van der Waals surface area (Å²) in [5.74, 6) is 1.39. The quantitative estimate of drug-likeness (QED) is 0.725. The summed E-state index contributed by atoms with van der Waals surface area (Å²) >= 11 is 6.31. The fraction of sp³-hybridized carbons (Fsp3) is 0.550. The third-order valence-corrected chi connectivity index (χ3v) is 4.28. The minimum atomic E-state index is -0.846. The van der Waals surface area contributed by atoms with Crippen molar-refractivity contribution in [1.82, 2.24) is 15.5 Å². The molecule has 0 atom stereocenters. The number of carbonyl (C=O) groups excluding carboxylic acids is 1. The van der Waals surface area contributed by atoms with Gasteiger partial charge in [0.15, 0.2) is 17.3 Å². The van der Waals surface area contributed by atoms with Crippen LogP contribution in [-0.2, 0) is 11.0 Å². The first kappa shape index (κ1) is 22.0. The summed E-state index contributed by atoms with van der Waals surface area (Å²) in [7, 11) is 1.50. The van der Waals surface area contributed by atoms with Gasteiger partial charge < -0.3 is 19.3 Å². The fourth-order valence-electron chi connectivity index (χ4n) is 2.39. The van der Waals surface area contributed by atoms with Crippen molar-refractivity contribution in [3.05, 3.63) is 34.4 Å². The molecule has 0 radical (unpaired) electrons. The van der Waals surface area contributed by atoms with Gasteiger partial charge >= 0.3 is 0 Å². The van der Waals surface area contributed by atoms with Crippen LogP contribution in [0.3, 0.4) is 0 Å². The number of methoxy groups -OCH3 is 1. The van der Waals surface area contributed by atoms with E-state index >= 15 is 0 Å². The second kappa shape index (κ2) is 8.39. The summed E-state index contributed by atoms with van der Waals surface area (Å²) in [5.41, 5.74) is -0.778. The molecule has 1 aromatic carbocycles. The molecular weight excluding hydrogens is 382 g/mol. The number of ether oxygens (including phenoxy) is 2. The molecule has 0 aliphatic heterocycles. The van der Waals surface area contributed by atoms with Crippen molar-refractivity contribution in [2.24, 2.45) is 0 Å². The van der Waals surface area contributed by atoms with Crippen LogP contribution in [0, 0.1) is 0 Å². The zero-order chi connectivity index (χ0) is 21.1. The van der Waals surface area contributed by atoms with Crippen molar-refractivity contribution in [2.45, 2.75) is 58.9 Å². The number of carbonyl (C=O) groups is 1. The van der Waals surface area contributed by atoms with Gasteiger partial charge in [-0.05, 0) is 32.4 Å². The van der Waals surface area contributed by atoms with Gasteiger partial charge in [0.25, 0.3) is 5.91 Å². The molecule has 1 heterocycles. The van der Waals surface area contributed by atoms with Crippen molar-refractivity contribution in [3.63, 3.8) is 0 Å². The SMILES string of the molecule is CCCOc1c(Cl)cc(C(=O)NC(C)(C)c2noc(C(C)(C)C)n2)cc1OC. The molecule has 0 spiro atoms. The molecule has 0 fully saturated rings. The first-order chi connectivity index (χ1) is 13.0. The van der Waals surface area contributed by atoms with Crippen molar-refractivity contribution in [2.75, 3.05) is 13.7 Å². The van der Waals surface area contributed by atoms with Crippen molar-refractivity contribution < 1.29 is 18.8 Å². The molecule has 0 aliphatic carbocycles. The maximum atomic E-state index is 12.8. The Balaban J connectivity index is 2.26. The number of nitrogens with zero attached hydrogens (tertiary/aromatic N) is 2. The summed E-state index contributed by atoms with van der Waals surface area (Å²) in [6.45, 7) is 12.0. The fourth-order valence-corrected chi connectivity index (χ4v) is 2.65. The van der Waals surface area contributed by atoms with Gasteiger partial charge in [-0.1, -0.05) is 44.5 Å². The predicted molar refractivity (Wildman–Crippen MR) is 107 cm³/mol. The molecule has 8 heteroatoms. The highest BCUT2D eigenvalue weighted by Gasteiger charge is 2.32. The van der Waals surface area contributed by atoms with E-state index < -0.39 is 5.54 Å². The molecule has 1 aromatic heterocycles. The smallest absolute Gasteiger partial charge is 0.252 e. The Morgan fingerprint density at radius 2 is 1.93 bits per heavy atom. The zero-order valence-electron chi connectivity index (χ0n) is 17.5. The van der Waals surface area contributed by atoms with E-state index in [-0.39, 0.29) is 11.3 Å². The van der Waals surface area contributed by atoms with Crippen LogP contribution < -0.4 is 14.8 Å². The highest BCUT2D eigenvalue weighted by Crippen LogP contribution is 2.36. The molecule has 0 aliphatic rings. The topological polar surface area (TPSA) is 86.5 Å². The molecule has 0 saturated heterocycles. The number of hydrogen-bond donors (Lipinski definition) is 1. The second-order valence-corrected chi connectivity index (χ2v) is 8.50. The van der Waals surface area contributed by atoms with Crippen LogP contribution in [0.1, 0.15) is 70.0 Å². The minimum absolute atomic E-state index is 0.277. The molecule has 0 saturated carbocycles. The largest absolute Gasteiger partial charge is 0.493 e. The number of benzene rings is 1. The summed E-state index contributed by atoms with van der Waals surface area (Å²) in [6, 6.07) is 3.15. The van der Waals surface area contributed by atoms with Gasteiger partial charge in [-0.15, -0.1) is 0 Å². The number of halogens is 1. The van der Waals surface area contributed by atoms with Crippen LogP contribution >= 0.6 is 11.6 Å². The average molecular weight is 410 g/mol. The molecule has 0 bridgehead atoms. The monoisotopic (exact) mass is 409 g/mol. The summed E-state index contributed by atoms with van der Waals surface area (Å²) in [5, 5.41) is 7.25. The highest BCUT2D eigenvalue weighted by molar-refractivity contribution is 6.32. The standard InChI is InChI=1S/C20H28ClN3O4/c1-8-9-27-15-13(21)10-12(11-14(15)26-7)16(25)23-20(5,6)17-22-18(28-24-17)19(2,3)4/h10-11H,8-9H2,1-7H3,(H,23,25). The number of rotatable bonds is 7. The number of aromatic nitrogens is 2. The van der Waals surface area contributed by atoms with E-state index in [0.29, 0.717) is 40.4 Å². The maximum Gasteiger partial charge on any atom is 0.252 e. The Hall–Kier alpha value is -2.28. The van der Waals surface area contributed by atoms with Gasteiger partial charge in [-0.25, -0.2) is 0 Å². The van der Waals surface area contributed by atoms with Crippen LogP contribution in [0.5, 0.6) is 11.5 Å². The van der Waals surface area contributed by atoms with Gasteiger partial charge in [0, 0.05) is 11.0 Å². The number of nitrogens with one attached hydrogen (secondary N) is 1. The van der Waals surface area contributed by atoms with E-state index in [9.17, 15) is 4.79 Å². The van der Waals surface area contributed by atoms with Gasteiger partial charge in [-0.2, -0.15) is 4.98 Å². The van der Waals surface area contributed by atoms with Crippen LogP contribution in [-0.4, -0.2) is 29.8 Å². The molecule has 1 amide bonds. The Morgan fingerprint density at radius 3 is 2.46 bits per heavy atom. The lowest BCUT2D eigenvalue weighted by molar-refractivity contribution is 0.0907. The van der Waals surface area contributed by atoms with Crippen molar-refractivity contribution >= 4 is 17.5 Å². The Labute approximate surface area is 170 Å². The van der Waals surface area contributed by atoms with E-state index in [2.05, 4.69) is 15.5 Å². The third kappa shape index (κ3) is 4.95. The normalized spacial score (nSPS) is 12.0. The lowest BCUT2D eigenvalue weighted by Crippen LogP contribution is -2.42. The van der Waals surface area contributed by atoms with E-state index in [0.717, 1.165) is 6.42 Å². The molecule has 2 aromatic rings. The predicted octanol–water partition coefficient (Wildman–Crippen LogP) is 4.48. The molecule has 1 N–H and O–H groups in total. The van der Waals surface area contributed by atoms with Gasteiger partial charge in [0.1, 0.15) is 0 Å². The Morgan fingerprint density at radius 1 is 1.25 bits per heavy atom. The second-order valence-electron chi connectivity index (χ2n) is 8.09. The zero-order valence-corrected chi connectivity index (χ0v) is 18.2. The van der Waals surface area contributed by atoms with Gasteiger partial charge in [0.2, 0.25) is 5.89 Å². The summed E-state index contributed by atoms with van der Waals surface area (Å²) in [4.78, 5) is 17.3. The Kier molecular flexibility index (Phi) is 6.59. The van der Waals surface area contributed by atoms with Crippen molar-refractivity contribution in [3.8, 4) is 11.5 Å². The lowest BCUT2D eigenvalue weighted by Gasteiger charge is -2.23. The van der Waals surface area contributed by atoms with E-state index in [1.54, 1.807) is 26.0 Å². The van der Waals surface area contributed by atoms with Crippen LogP contribution in [0.25, 0.3) is 0 Å². The highest BCUT2D eigenvalue weighted by atomic mass is 35.5. The van der Waals surface area contributed by atoms with Crippen molar-refractivity contribution in [1.29, 1.82) is 0 Å². The molecular formula is C20H28ClN3O4. The Bertz CT molecular complexity index is 840. The molecule has 2 rings (SSSR count). The lowest BCUT2D eigenvalue weighted by atomic mass is 9.96. The first-order valence-electron chi connectivity index (χ1n) is 9.17. The van der Waals surface area contributed by atoms with E-state index in [1.807, 2.05) is 27.7 Å². The van der Waals surface area contributed by atoms with Gasteiger partial charge in [0.05, 0.1) is 24.3 Å². The number of hydrogen-bond acceptors (Lipinski definition) is 6. The first-order valence-corrected chi connectivity index (χ1v) is 9.55. The number of amides is 1.